The van der Waals surface area contributed by atoms with Gasteiger partial charge in [-0.2, -0.15) is 0 Å². The van der Waals surface area contributed by atoms with Crippen LogP contribution in [0.15, 0.2) is 36.9 Å². The average Bonchev–Trinajstić information content (AvgIpc) is 2.93. The summed E-state index contributed by atoms with van der Waals surface area (Å²) in [7, 11) is 0. The van der Waals surface area contributed by atoms with Crippen LogP contribution in [0.1, 0.15) is 56.6 Å². The topological polar surface area (TPSA) is 12.0 Å². The molecule has 116 valence electrons. The Morgan fingerprint density at radius 3 is 2.52 bits per heavy atom. The maximum absolute atomic E-state index is 3.82. The lowest BCUT2D eigenvalue weighted by atomic mass is 9.91. The molecule has 1 aromatic carbocycles. The molecule has 1 atom stereocenters. The summed E-state index contributed by atoms with van der Waals surface area (Å²) in [4.78, 5) is 0. The fourth-order valence-corrected chi connectivity index (χ4v) is 3.54. The molecular formula is C20H31N. The van der Waals surface area contributed by atoms with E-state index in [1.165, 1.54) is 51.4 Å². The Labute approximate surface area is 130 Å². The third kappa shape index (κ3) is 5.00. The summed E-state index contributed by atoms with van der Waals surface area (Å²) in [5.74, 6) is 0.799. The van der Waals surface area contributed by atoms with Crippen LogP contribution < -0.4 is 5.32 Å². The number of benzene rings is 1. The highest BCUT2D eigenvalue weighted by Gasteiger charge is 2.27. The van der Waals surface area contributed by atoms with Crippen molar-refractivity contribution in [3.8, 4) is 0 Å². The SMILES string of the molecule is C=CCCCCCC(NCCC)C1Cc2ccccc2C1. The number of unbranched alkanes of at least 4 members (excludes halogenated alkanes) is 3. The Bertz CT molecular complexity index is 399. The molecule has 1 N–H and O–H groups in total. The van der Waals surface area contributed by atoms with Crippen LogP contribution in [0.25, 0.3) is 0 Å². The molecule has 0 saturated heterocycles. The van der Waals surface area contributed by atoms with Crippen molar-refractivity contribution in [3.63, 3.8) is 0 Å². The van der Waals surface area contributed by atoms with Crippen molar-refractivity contribution in [2.45, 2.75) is 64.3 Å². The fourth-order valence-electron chi connectivity index (χ4n) is 3.54. The molecular weight excluding hydrogens is 254 g/mol. The van der Waals surface area contributed by atoms with Crippen LogP contribution in [-0.2, 0) is 12.8 Å². The quantitative estimate of drug-likeness (QED) is 0.476. The molecule has 0 amide bonds. The van der Waals surface area contributed by atoms with Crippen LogP contribution in [0.2, 0.25) is 0 Å². The monoisotopic (exact) mass is 285 g/mol. The van der Waals surface area contributed by atoms with Crippen molar-refractivity contribution in [2.24, 2.45) is 5.92 Å². The Hall–Kier alpha value is -1.08. The van der Waals surface area contributed by atoms with Crippen LogP contribution in [0.3, 0.4) is 0 Å². The second-order valence-corrected chi connectivity index (χ2v) is 6.42. The zero-order valence-corrected chi connectivity index (χ0v) is 13.6. The van der Waals surface area contributed by atoms with E-state index in [-0.39, 0.29) is 0 Å². The molecule has 1 heteroatoms. The van der Waals surface area contributed by atoms with Crippen molar-refractivity contribution in [1.82, 2.24) is 5.32 Å². The highest BCUT2D eigenvalue weighted by atomic mass is 14.9. The van der Waals surface area contributed by atoms with Crippen molar-refractivity contribution in [1.29, 1.82) is 0 Å². The second-order valence-electron chi connectivity index (χ2n) is 6.42. The lowest BCUT2D eigenvalue weighted by Crippen LogP contribution is -2.37. The zero-order valence-electron chi connectivity index (χ0n) is 13.6. The maximum atomic E-state index is 3.82. The van der Waals surface area contributed by atoms with Crippen LogP contribution in [-0.4, -0.2) is 12.6 Å². The molecule has 0 aromatic heterocycles. The summed E-state index contributed by atoms with van der Waals surface area (Å²) in [5.41, 5.74) is 3.16. The summed E-state index contributed by atoms with van der Waals surface area (Å²) in [6, 6.07) is 9.70. The number of fused-ring (bicyclic) bond motifs is 1. The lowest BCUT2D eigenvalue weighted by molar-refractivity contribution is 0.335. The maximum Gasteiger partial charge on any atom is 0.0102 e. The van der Waals surface area contributed by atoms with Gasteiger partial charge in [-0.25, -0.2) is 0 Å². The fraction of sp³-hybridized carbons (Fsp3) is 0.600. The molecule has 1 unspecified atom stereocenters. The first-order chi connectivity index (χ1) is 10.3. The third-order valence-electron chi connectivity index (χ3n) is 4.73. The first kappa shape index (κ1) is 16.3. The Kier molecular flexibility index (Phi) is 7.02. The van der Waals surface area contributed by atoms with Gasteiger partial charge < -0.3 is 5.32 Å². The molecule has 0 heterocycles. The minimum atomic E-state index is 0.695. The Morgan fingerprint density at radius 1 is 1.19 bits per heavy atom. The third-order valence-corrected chi connectivity index (χ3v) is 4.73. The highest BCUT2D eigenvalue weighted by Crippen LogP contribution is 2.30. The van der Waals surface area contributed by atoms with Crippen LogP contribution in [0.5, 0.6) is 0 Å². The van der Waals surface area contributed by atoms with Gasteiger partial charge in [0.15, 0.2) is 0 Å². The van der Waals surface area contributed by atoms with E-state index in [0.29, 0.717) is 6.04 Å². The number of hydrogen-bond donors (Lipinski definition) is 1. The molecule has 1 aliphatic carbocycles. The summed E-state index contributed by atoms with van der Waals surface area (Å²) in [6.45, 7) is 7.23. The van der Waals surface area contributed by atoms with E-state index in [1.54, 1.807) is 11.1 Å². The average molecular weight is 285 g/mol. The van der Waals surface area contributed by atoms with E-state index in [9.17, 15) is 0 Å². The van der Waals surface area contributed by atoms with E-state index in [0.717, 1.165) is 12.5 Å². The summed E-state index contributed by atoms with van der Waals surface area (Å²) in [5, 5.41) is 3.82. The van der Waals surface area contributed by atoms with Gasteiger partial charge in [-0.05, 0) is 62.1 Å². The molecule has 0 spiro atoms. The standard InChI is InChI=1S/C20H31N/c1-3-5-6-7-8-13-20(21-14-4-2)19-15-17-11-9-10-12-18(17)16-19/h3,9-12,19-21H,1,4-8,13-16H2,2H3. The van der Waals surface area contributed by atoms with Gasteiger partial charge in [0, 0.05) is 6.04 Å². The van der Waals surface area contributed by atoms with E-state index in [1.807, 2.05) is 6.08 Å². The van der Waals surface area contributed by atoms with Gasteiger partial charge in [0.05, 0.1) is 0 Å². The predicted molar refractivity (Wildman–Crippen MR) is 92.7 cm³/mol. The van der Waals surface area contributed by atoms with Crippen molar-refractivity contribution < 1.29 is 0 Å². The largest absolute Gasteiger partial charge is 0.314 e. The zero-order chi connectivity index (χ0) is 14.9. The first-order valence-corrected chi connectivity index (χ1v) is 8.76. The van der Waals surface area contributed by atoms with E-state index < -0.39 is 0 Å². The van der Waals surface area contributed by atoms with Gasteiger partial charge in [0.25, 0.3) is 0 Å². The molecule has 1 aliphatic rings. The molecule has 1 nitrogen and oxygen atoms in total. The Balaban J connectivity index is 1.83. The number of hydrogen-bond acceptors (Lipinski definition) is 1. The smallest absolute Gasteiger partial charge is 0.0102 e. The first-order valence-electron chi connectivity index (χ1n) is 8.76. The van der Waals surface area contributed by atoms with Crippen LogP contribution in [0, 0.1) is 5.92 Å². The highest BCUT2D eigenvalue weighted by molar-refractivity contribution is 5.32. The van der Waals surface area contributed by atoms with Crippen molar-refractivity contribution in [2.75, 3.05) is 6.54 Å². The molecule has 0 aliphatic heterocycles. The summed E-state index contributed by atoms with van der Waals surface area (Å²) >= 11 is 0. The molecule has 0 radical (unpaired) electrons. The van der Waals surface area contributed by atoms with Crippen LogP contribution >= 0.6 is 0 Å². The number of nitrogens with one attached hydrogen (secondary N) is 1. The minimum Gasteiger partial charge on any atom is -0.314 e. The van der Waals surface area contributed by atoms with Crippen molar-refractivity contribution >= 4 is 0 Å². The molecule has 21 heavy (non-hydrogen) atoms. The summed E-state index contributed by atoms with van der Waals surface area (Å²) in [6.07, 6.45) is 12.3. The second kappa shape index (κ2) is 9.04. The van der Waals surface area contributed by atoms with Gasteiger partial charge in [-0.15, -0.1) is 6.58 Å². The molecule has 0 bridgehead atoms. The van der Waals surface area contributed by atoms with E-state index in [2.05, 4.69) is 43.1 Å². The van der Waals surface area contributed by atoms with Gasteiger partial charge in [-0.3, -0.25) is 0 Å². The van der Waals surface area contributed by atoms with E-state index >= 15 is 0 Å². The summed E-state index contributed by atoms with van der Waals surface area (Å²) < 4.78 is 0. The molecule has 1 aromatic rings. The van der Waals surface area contributed by atoms with E-state index in [4.69, 9.17) is 0 Å². The van der Waals surface area contributed by atoms with Crippen LogP contribution in [0.4, 0.5) is 0 Å². The van der Waals surface area contributed by atoms with Gasteiger partial charge in [-0.1, -0.05) is 50.1 Å². The Morgan fingerprint density at radius 2 is 1.90 bits per heavy atom. The lowest BCUT2D eigenvalue weighted by Gasteiger charge is -2.25. The minimum absolute atomic E-state index is 0.695. The van der Waals surface area contributed by atoms with Crippen molar-refractivity contribution in [3.05, 3.63) is 48.0 Å². The molecule has 2 rings (SSSR count). The normalized spacial score (nSPS) is 15.9. The number of rotatable bonds is 10. The van der Waals surface area contributed by atoms with Gasteiger partial charge in [0.2, 0.25) is 0 Å². The van der Waals surface area contributed by atoms with Gasteiger partial charge in [0.1, 0.15) is 0 Å². The number of allylic oxidation sites excluding steroid dienone is 1. The predicted octanol–water partition coefficient (Wildman–Crippen LogP) is 4.91. The van der Waals surface area contributed by atoms with Gasteiger partial charge >= 0.3 is 0 Å². The molecule has 0 saturated carbocycles. The molecule has 0 fully saturated rings.